The Morgan fingerprint density at radius 3 is 2.15 bits per heavy atom. The first-order valence-electron chi connectivity index (χ1n) is 11.5. The molecule has 1 fully saturated rings. The van der Waals surface area contributed by atoms with Gasteiger partial charge in [-0.1, -0.05) is 54.6 Å². The molecule has 1 heterocycles. The quantitative estimate of drug-likeness (QED) is 0.518. The van der Waals surface area contributed by atoms with Crippen LogP contribution in [0.2, 0.25) is 0 Å². The highest BCUT2D eigenvalue weighted by Gasteiger charge is 2.23. The lowest BCUT2D eigenvalue weighted by atomic mass is 10.1. The molecule has 34 heavy (non-hydrogen) atoms. The SMILES string of the molecule is Cc1cccc(N(Cc2ccc(C(=O)N3CCN(Cc4ccccc4)CC3)cc2)S(C)(=O)=O)c1. The van der Waals surface area contributed by atoms with E-state index in [-0.39, 0.29) is 12.5 Å². The molecular weight excluding hydrogens is 446 g/mol. The Hall–Kier alpha value is -3.16. The minimum absolute atomic E-state index is 0.0181. The first kappa shape index (κ1) is 24.0. The summed E-state index contributed by atoms with van der Waals surface area (Å²) in [4.78, 5) is 17.3. The van der Waals surface area contributed by atoms with Gasteiger partial charge in [0.15, 0.2) is 0 Å². The topological polar surface area (TPSA) is 60.9 Å². The largest absolute Gasteiger partial charge is 0.336 e. The Morgan fingerprint density at radius 2 is 1.53 bits per heavy atom. The van der Waals surface area contributed by atoms with Crippen LogP contribution < -0.4 is 4.31 Å². The molecule has 178 valence electrons. The van der Waals surface area contributed by atoms with Crippen molar-refractivity contribution in [2.45, 2.75) is 20.0 Å². The van der Waals surface area contributed by atoms with Crippen molar-refractivity contribution in [1.82, 2.24) is 9.80 Å². The van der Waals surface area contributed by atoms with Crippen molar-refractivity contribution in [2.75, 3.05) is 36.7 Å². The van der Waals surface area contributed by atoms with Crippen LogP contribution in [0.1, 0.15) is 27.0 Å². The molecule has 4 rings (SSSR count). The molecule has 3 aromatic carbocycles. The van der Waals surface area contributed by atoms with Gasteiger partial charge in [0, 0.05) is 38.3 Å². The second kappa shape index (κ2) is 10.4. The molecule has 0 N–H and O–H groups in total. The Kier molecular flexibility index (Phi) is 7.34. The van der Waals surface area contributed by atoms with Gasteiger partial charge in [-0.05, 0) is 47.9 Å². The Balaban J connectivity index is 1.38. The predicted molar refractivity (Wildman–Crippen MR) is 136 cm³/mol. The lowest BCUT2D eigenvalue weighted by molar-refractivity contribution is 0.0628. The van der Waals surface area contributed by atoms with E-state index in [0.717, 1.165) is 30.8 Å². The minimum atomic E-state index is -3.45. The van der Waals surface area contributed by atoms with E-state index < -0.39 is 10.0 Å². The van der Waals surface area contributed by atoms with E-state index in [1.807, 2.05) is 48.2 Å². The number of anilines is 1. The zero-order valence-corrected chi connectivity index (χ0v) is 20.5. The van der Waals surface area contributed by atoms with Gasteiger partial charge in [-0.3, -0.25) is 14.0 Å². The Morgan fingerprint density at radius 1 is 0.853 bits per heavy atom. The van der Waals surface area contributed by atoms with Crippen LogP contribution in [0, 0.1) is 6.92 Å². The molecule has 0 atom stereocenters. The van der Waals surface area contributed by atoms with Gasteiger partial charge in [-0.15, -0.1) is 0 Å². The van der Waals surface area contributed by atoms with Gasteiger partial charge in [0.25, 0.3) is 5.91 Å². The molecule has 0 saturated carbocycles. The van der Waals surface area contributed by atoms with E-state index >= 15 is 0 Å². The number of hydrogen-bond donors (Lipinski definition) is 0. The van der Waals surface area contributed by atoms with E-state index in [1.54, 1.807) is 18.2 Å². The minimum Gasteiger partial charge on any atom is -0.336 e. The van der Waals surface area contributed by atoms with E-state index in [0.29, 0.717) is 24.3 Å². The van der Waals surface area contributed by atoms with Gasteiger partial charge < -0.3 is 4.90 Å². The lowest BCUT2D eigenvalue weighted by Crippen LogP contribution is -2.48. The summed E-state index contributed by atoms with van der Waals surface area (Å²) < 4.78 is 26.3. The van der Waals surface area contributed by atoms with Crippen molar-refractivity contribution in [3.05, 3.63) is 101 Å². The van der Waals surface area contributed by atoms with Crippen molar-refractivity contribution in [2.24, 2.45) is 0 Å². The molecule has 0 spiro atoms. The molecule has 3 aromatic rings. The summed E-state index contributed by atoms with van der Waals surface area (Å²) in [6.07, 6.45) is 1.21. The third-order valence-electron chi connectivity index (χ3n) is 6.13. The highest BCUT2D eigenvalue weighted by Crippen LogP contribution is 2.22. The zero-order chi connectivity index (χ0) is 24.1. The zero-order valence-electron chi connectivity index (χ0n) is 19.7. The molecular formula is C27H31N3O3S. The van der Waals surface area contributed by atoms with Crippen LogP contribution in [0.3, 0.4) is 0 Å². The fourth-order valence-electron chi connectivity index (χ4n) is 4.23. The van der Waals surface area contributed by atoms with Crippen LogP contribution in [0.25, 0.3) is 0 Å². The van der Waals surface area contributed by atoms with Crippen molar-refractivity contribution < 1.29 is 13.2 Å². The maximum Gasteiger partial charge on any atom is 0.253 e. The third-order valence-corrected chi connectivity index (χ3v) is 7.27. The standard InChI is InChI=1S/C27H31N3O3S/c1-22-7-6-10-26(19-22)30(34(2,32)33)21-24-11-13-25(14-12-24)27(31)29-17-15-28(16-18-29)20-23-8-4-3-5-9-23/h3-14,19H,15-18,20-21H2,1-2H3. The van der Waals surface area contributed by atoms with Crippen molar-refractivity contribution in [3.8, 4) is 0 Å². The van der Waals surface area contributed by atoms with E-state index in [9.17, 15) is 13.2 Å². The Bertz CT molecular complexity index is 1220. The van der Waals surface area contributed by atoms with Crippen molar-refractivity contribution in [3.63, 3.8) is 0 Å². The van der Waals surface area contributed by atoms with Crippen LogP contribution in [0.15, 0.2) is 78.9 Å². The first-order valence-corrected chi connectivity index (χ1v) is 13.3. The molecule has 0 aromatic heterocycles. The van der Waals surface area contributed by atoms with Gasteiger partial charge in [-0.2, -0.15) is 0 Å². The number of hydrogen-bond acceptors (Lipinski definition) is 4. The maximum absolute atomic E-state index is 13.0. The van der Waals surface area contributed by atoms with Crippen LogP contribution in [-0.2, 0) is 23.1 Å². The number of carbonyl (C=O) groups excluding carboxylic acids is 1. The molecule has 0 unspecified atom stereocenters. The Labute approximate surface area is 202 Å². The molecule has 1 amide bonds. The third kappa shape index (κ3) is 6.04. The van der Waals surface area contributed by atoms with Gasteiger partial charge in [-0.25, -0.2) is 8.42 Å². The summed E-state index contributed by atoms with van der Waals surface area (Å²) in [7, 11) is -3.45. The van der Waals surface area contributed by atoms with Crippen molar-refractivity contribution in [1.29, 1.82) is 0 Å². The number of piperazine rings is 1. The average molecular weight is 478 g/mol. The van der Waals surface area contributed by atoms with Crippen LogP contribution >= 0.6 is 0 Å². The lowest BCUT2D eigenvalue weighted by Gasteiger charge is -2.34. The molecule has 6 nitrogen and oxygen atoms in total. The average Bonchev–Trinajstić information content (AvgIpc) is 2.83. The normalized spacial score (nSPS) is 14.7. The summed E-state index contributed by atoms with van der Waals surface area (Å²) >= 11 is 0. The molecule has 0 radical (unpaired) electrons. The first-order chi connectivity index (χ1) is 16.3. The summed E-state index contributed by atoms with van der Waals surface area (Å²) in [5.41, 5.74) is 4.37. The van der Waals surface area contributed by atoms with E-state index in [4.69, 9.17) is 0 Å². The molecule has 1 saturated heterocycles. The van der Waals surface area contributed by atoms with Crippen LogP contribution in [0.4, 0.5) is 5.69 Å². The number of benzene rings is 3. The molecule has 1 aliphatic rings. The van der Waals surface area contributed by atoms with E-state index in [2.05, 4.69) is 29.2 Å². The predicted octanol–water partition coefficient (Wildman–Crippen LogP) is 3.92. The number of nitrogens with zero attached hydrogens (tertiary/aromatic N) is 3. The number of aryl methyl sites for hydroxylation is 1. The highest BCUT2D eigenvalue weighted by molar-refractivity contribution is 7.92. The van der Waals surface area contributed by atoms with Crippen molar-refractivity contribution >= 4 is 21.6 Å². The summed E-state index contributed by atoms with van der Waals surface area (Å²) in [5.74, 6) is 0.0181. The second-order valence-corrected chi connectivity index (χ2v) is 10.8. The van der Waals surface area contributed by atoms with Crippen LogP contribution in [-0.4, -0.2) is 56.6 Å². The molecule has 1 aliphatic heterocycles. The fourth-order valence-corrected chi connectivity index (χ4v) is 5.12. The smallest absolute Gasteiger partial charge is 0.253 e. The highest BCUT2D eigenvalue weighted by atomic mass is 32.2. The molecule has 7 heteroatoms. The maximum atomic E-state index is 13.0. The summed E-state index contributed by atoms with van der Waals surface area (Å²) in [6.45, 7) is 6.14. The number of sulfonamides is 1. The number of amides is 1. The van der Waals surface area contributed by atoms with Gasteiger partial charge in [0.2, 0.25) is 10.0 Å². The van der Waals surface area contributed by atoms with Gasteiger partial charge >= 0.3 is 0 Å². The van der Waals surface area contributed by atoms with Gasteiger partial charge in [0.05, 0.1) is 18.5 Å². The fraction of sp³-hybridized carbons (Fsp3) is 0.296. The number of carbonyl (C=O) groups is 1. The van der Waals surface area contributed by atoms with Crippen LogP contribution in [0.5, 0.6) is 0 Å². The monoisotopic (exact) mass is 477 g/mol. The van der Waals surface area contributed by atoms with E-state index in [1.165, 1.54) is 16.1 Å². The van der Waals surface area contributed by atoms with Gasteiger partial charge in [0.1, 0.15) is 0 Å². The molecule has 0 bridgehead atoms. The second-order valence-electron chi connectivity index (χ2n) is 8.86. The molecule has 0 aliphatic carbocycles. The summed E-state index contributed by atoms with van der Waals surface area (Å²) in [5, 5.41) is 0. The summed E-state index contributed by atoms with van der Waals surface area (Å²) in [6, 6.07) is 25.1. The number of rotatable bonds is 7.